The zero-order chi connectivity index (χ0) is 33.9. The Bertz CT molecular complexity index is 2010. The van der Waals surface area contributed by atoms with E-state index in [1.54, 1.807) is 67.3 Å². The van der Waals surface area contributed by atoms with Crippen LogP contribution in [-0.4, -0.2) is 69.5 Å². The highest BCUT2D eigenvalue weighted by Gasteiger charge is 2.58. The van der Waals surface area contributed by atoms with Crippen molar-refractivity contribution in [3.05, 3.63) is 107 Å². The minimum atomic E-state index is -4.58. The lowest BCUT2D eigenvalue weighted by atomic mass is 9.83. The van der Waals surface area contributed by atoms with Gasteiger partial charge in [0.15, 0.2) is 5.54 Å². The lowest BCUT2D eigenvalue weighted by Gasteiger charge is -2.32. The molecule has 2 N–H and O–H groups in total. The fourth-order valence-electron chi connectivity index (χ4n) is 6.07. The number of rotatable bonds is 10. The minimum Gasteiger partial charge on any atom is -0.492 e. The Labute approximate surface area is 279 Å². The number of ether oxygens (including phenoxy) is 2. The molecule has 0 bridgehead atoms. The molecule has 3 aromatic carbocycles. The van der Waals surface area contributed by atoms with E-state index in [2.05, 4.69) is 21.7 Å². The summed E-state index contributed by atoms with van der Waals surface area (Å²) in [6, 6.07) is 22.5. The van der Waals surface area contributed by atoms with Crippen molar-refractivity contribution >= 4 is 33.2 Å². The van der Waals surface area contributed by atoms with E-state index in [1.807, 2.05) is 0 Å². The third-order valence-corrected chi connectivity index (χ3v) is 9.98. The molecule has 0 saturated carbocycles. The fourth-order valence-corrected chi connectivity index (χ4v) is 7.68. The van der Waals surface area contributed by atoms with Gasteiger partial charge in [-0.2, -0.15) is 9.57 Å². The van der Waals surface area contributed by atoms with Crippen LogP contribution >= 0.6 is 0 Å². The maximum absolute atomic E-state index is 15.1. The number of carbonyl (C=O) groups excluding carboxylic acids is 2. The van der Waals surface area contributed by atoms with Gasteiger partial charge in [0.25, 0.3) is 21.8 Å². The molecule has 4 aromatic rings. The normalized spacial score (nSPS) is 17.4. The number of aromatic nitrogens is 1. The van der Waals surface area contributed by atoms with Crippen molar-refractivity contribution in [1.82, 2.24) is 15.2 Å². The Morgan fingerprint density at radius 2 is 1.71 bits per heavy atom. The van der Waals surface area contributed by atoms with Gasteiger partial charge >= 0.3 is 0 Å². The highest BCUT2D eigenvalue weighted by Crippen LogP contribution is 2.51. The van der Waals surface area contributed by atoms with E-state index < -0.39 is 21.5 Å². The Hall–Kier alpha value is -5.45. The zero-order valence-electron chi connectivity index (χ0n) is 26.5. The largest absolute Gasteiger partial charge is 0.492 e. The number of amides is 2. The topological polar surface area (TPSA) is 154 Å². The molecule has 3 heterocycles. The molecule has 1 unspecified atom stereocenters. The molecular formula is C35H34N6O6S. The van der Waals surface area contributed by atoms with Crippen LogP contribution in [0.25, 0.3) is 0 Å². The molecule has 12 nitrogen and oxygen atoms in total. The number of nitrogens with zero attached hydrogens (tertiary/aromatic N) is 4. The van der Waals surface area contributed by atoms with Gasteiger partial charge in [-0.25, -0.2) is 13.4 Å². The van der Waals surface area contributed by atoms with Crippen molar-refractivity contribution in [2.45, 2.75) is 24.3 Å². The van der Waals surface area contributed by atoms with Gasteiger partial charge in [0.1, 0.15) is 10.6 Å². The highest BCUT2D eigenvalue weighted by atomic mass is 32.2. The monoisotopic (exact) mass is 666 g/mol. The van der Waals surface area contributed by atoms with Gasteiger partial charge < -0.3 is 25.0 Å². The first-order valence-electron chi connectivity index (χ1n) is 15.6. The summed E-state index contributed by atoms with van der Waals surface area (Å²) in [5.74, 6) is -0.785. The van der Waals surface area contributed by atoms with Crippen molar-refractivity contribution in [1.29, 1.82) is 5.26 Å². The SMILES string of the molecule is CCOc1ccccc1S(=O)(=O)N1C(=O)C(Nc2ccc(C(=O)N3CCNCC3)cc2)(c2cccnc2OCC)c2cc(C#N)ccc21. The summed E-state index contributed by atoms with van der Waals surface area (Å²) in [7, 11) is -4.58. The number of nitrogens with one attached hydrogen (secondary N) is 2. The second-order valence-electron chi connectivity index (χ2n) is 11.1. The second-order valence-corrected chi connectivity index (χ2v) is 12.8. The van der Waals surface area contributed by atoms with Gasteiger partial charge in [-0.15, -0.1) is 0 Å². The maximum Gasteiger partial charge on any atom is 0.276 e. The highest BCUT2D eigenvalue weighted by molar-refractivity contribution is 7.93. The number of piperazine rings is 1. The van der Waals surface area contributed by atoms with Crippen LogP contribution in [0.3, 0.4) is 0 Å². The molecule has 0 aliphatic carbocycles. The van der Waals surface area contributed by atoms with Crippen LogP contribution in [0.15, 0.2) is 90.0 Å². The predicted octanol–water partition coefficient (Wildman–Crippen LogP) is 3.89. The molecule has 2 aliphatic rings. The molecule has 1 fully saturated rings. The summed E-state index contributed by atoms with van der Waals surface area (Å²) in [5.41, 5.74) is -0.346. The van der Waals surface area contributed by atoms with Gasteiger partial charge in [-0.3, -0.25) is 9.59 Å². The molecule has 48 heavy (non-hydrogen) atoms. The number of para-hydroxylation sites is 1. The Kier molecular flexibility index (Phi) is 9.03. The van der Waals surface area contributed by atoms with Crippen molar-refractivity contribution in [2.24, 2.45) is 0 Å². The van der Waals surface area contributed by atoms with Crippen molar-refractivity contribution in [3.8, 4) is 17.7 Å². The first kappa shape index (κ1) is 32.5. The number of sulfonamides is 1. The molecule has 1 aromatic heterocycles. The lowest BCUT2D eigenvalue weighted by Crippen LogP contribution is -2.49. The summed E-state index contributed by atoms with van der Waals surface area (Å²) in [6.07, 6.45) is 1.51. The van der Waals surface area contributed by atoms with E-state index in [1.165, 1.54) is 36.5 Å². The standard InChI is InChI=1S/C35H34N6O6S/c1-3-46-30-9-5-6-10-31(30)48(44,45)41-29-16-11-24(23-36)22-28(29)35(34(41)43,27-8-7-17-38-32(27)47-4-2)39-26-14-12-25(13-15-26)33(42)40-20-18-37-19-21-40/h5-17,22,37,39H,3-4,18-21H2,1-2H3. The van der Waals surface area contributed by atoms with Crippen LogP contribution in [0.4, 0.5) is 11.4 Å². The lowest BCUT2D eigenvalue weighted by molar-refractivity contribution is -0.120. The summed E-state index contributed by atoms with van der Waals surface area (Å²) in [5, 5.41) is 16.5. The van der Waals surface area contributed by atoms with Crippen LogP contribution in [0.5, 0.6) is 11.6 Å². The molecule has 2 aliphatic heterocycles. The first-order valence-corrected chi connectivity index (χ1v) is 17.0. The Morgan fingerprint density at radius 1 is 0.979 bits per heavy atom. The van der Waals surface area contributed by atoms with Crippen LogP contribution in [0, 0.1) is 11.3 Å². The molecule has 0 spiro atoms. The predicted molar refractivity (Wildman–Crippen MR) is 178 cm³/mol. The number of anilines is 2. The third-order valence-electron chi connectivity index (χ3n) is 8.25. The van der Waals surface area contributed by atoms with Crippen LogP contribution in [0.2, 0.25) is 0 Å². The van der Waals surface area contributed by atoms with Crippen LogP contribution in [-0.2, 0) is 20.4 Å². The van der Waals surface area contributed by atoms with Crippen molar-refractivity contribution < 1.29 is 27.5 Å². The quantitative estimate of drug-likeness (QED) is 0.255. The smallest absolute Gasteiger partial charge is 0.276 e. The van der Waals surface area contributed by atoms with Gasteiger partial charge in [0.05, 0.1) is 36.1 Å². The Morgan fingerprint density at radius 3 is 2.42 bits per heavy atom. The number of hydrogen-bond acceptors (Lipinski definition) is 10. The Balaban J connectivity index is 1.54. The molecule has 1 atom stereocenters. The fraction of sp³-hybridized carbons (Fsp3) is 0.257. The number of benzene rings is 3. The molecule has 1 saturated heterocycles. The number of hydrogen-bond donors (Lipinski definition) is 2. The van der Waals surface area contributed by atoms with Crippen molar-refractivity contribution in [3.63, 3.8) is 0 Å². The zero-order valence-corrected chi connectivity index (χ0v) is 27.3. The van der Waals surface area contributed by atoms with E-state index >= 15 is 4.79 Å². The van der Waals surface area contributed by atoms with Crippen molar-refractivity contribution in [2.75, 3.05) is 49.0 Å². The van der Waals surface area contributed by atoms with Crippen LogP contribution < -0.4 is 24.4 Å². The van der Waals surface area contributed by atoms with E-state index in [4.69, 9.17) is 9.47 Å². The van der Waals surface area contributed by atoms with Gasteiger partial charge in [0, 0.05) is 49.2 Å². The average molecular weight is 667 g/mol. The van der Waals surface area contributed by atoms with Gasteiger partial charge in [-0.05, 0) is 80.6 Å². The van der Waals surface area contributed by atoms with E-state index in [-0.39, 0.29) is 58.0 Å². The van der Waals surface area contributed by atoms with E-state index in [0.717, 1.165) is 4.31 Å². The average Bonchev–Trinajstić information content (AvgIpc) is 3.36. The summed E-state index contributed by atoms with van der Waals surface area (Å²) >= 11 is 0. The minimum absolute atomic E-state index is 0.0506. The summed E-state index contributed by atoms with van der Waals surface area (Å²) in [6.45, 7) is 6.52. The third kappa shape index (κ3) is 5.59. The summed E-state index contributed by atoms with van der Waals surface area (Å²) < 4.78 is 41.4. The maximum atomic E-state index is 15.1. The summed E-state index contributed by atoms with van der Waals surface area (Å²) in [4.78, 5) is 34.3. The second kappa shape index (κ2) is 13.3. The molecular weight excluding hydrogens is 632 g/mol. The molecule has 6 rings (SSSR count). The van der Waals surface area contributed by atoms with Gasteiger partial charge in [-0.1, -0.05) is 12.1 Å². The molecule has 2 amide bonds. The molecule has 246 valence electrons. The number of fused-ring (bicyclic) bond motifs is 1. The number of carbonyl (C=O) groups is 2. The molecule has 13 heteroatoms. The number of nitriles is 1. The van der Waals surface area contributed by atoms with E-state index in [9.17, 15) is 18.5 Å². The van der Waals surface area contributed by atoms with Crippen LogP contribution in [0.1, 0.15) is 40.9 Å². The first-order chi connectivity index (χ1) is 23.3. The van der Waals surface area contributed by atoms with Gasteiger partial charge in [0.2, 0.25) is 5.88 Å². The van der Waals surface area contributed by atoms with E-state index in [0.29, 0.717) is 37.4 Å². The number of pyridine rings is 1. The molecule has 0 radical (unpaired) electrons.